The van der Waals surface area contributed by atoms with Crippen LogP contribution in [0.4, 0.5) is 11.5 Å². The van der Waals surface area contributed by atoms with Gasteiger partial charge in [0.05, 0.1) is 6.04 Å². The summed E-state index contributed by atoms with van der Waals surface area (Å²) in [5.41, 5.74) is 8.83. The molecule has 1 unspecified atom stereocenters. The van der Waals surface area contributed by atoms with E-state index >= 15 is 0 Å². The number of aromatic amines is 1. The molecule has 4 N–H and O–H groups in total. The Hall–Kier alpha value is -2.83. The highest BCUT2D eigenvalue weighted by atomic mass is 16.6. The van der Waals surface area contributed by atoms with Gasteiger partial charge in [0.2, 0.25) is 0 Å². The van der Waals surface area contributed by atoms with Crippen molar-refractivity contribution >= 4 is 17.4 Å². The third-order valence-corrected chi connectivity index (χ3v) is 3.66. The fourth-order valence-electron chi connectivity index (χ4n) is 2.65. The third kappa shape index (κ3) is 2.45. The van der Waals surface area contributed by atoms with Crippen molar-refractivity contribution in [2.45, 2.75) is 18.9 Å². The van der Waals surface area contributed by atoms with Gasteiger partial charge >= 0.3 is 5.82 Å². The Balaban J connectivity index is 1.76. The minimum absolute atomic E-state index is 0.0875. The molecule has 7 nitrogen and oxygen atoms in total. The average Bonchev–Trinajstić information content (AvgIpc) is 3.06. The van der Waals surface area contributed by atoms with E-state index in [0.29, 0.717) is 5.69 Å². The average molecular weight is 286 g/mol. The van der Waals surface area contributed by atoms with Gasteiger partial charge in [0.25, 0.3) is 5.91 Å². The molecular weight excluding hydrogens is 272 g/mol. The van der Waals surface area contributed by atoms with Gasteiger partial charge in [-0.15, -0.1) is 0 Å². The number of H-pyrrole nitrogens is 1. The SMILES string of the molecule is Nc1ccc2c(c1)CCC2NC(=O)c1ccc([N+](=O)[O-])[nH]1. The predicted octanol–water partition coefficient (Wildman–Crippen LogP) is 1.92. The van der Waals surface area contributed by atoms with Crippen LogP contribution in [0, 0.1) is 10.1 Å². The quantitative estimate of drug-likeness (QED) is 0.454. The van der Waals surface area contributed by atoms with Gasteiger partial charge in [-0.1, -0.05) is 6.07 Å². The maximum absolute atomic E-state index is 12.1. The molecule has 1 atom stereocenters. The van der Waals surface area contributed by atoms with Gasteiger partial charge in [0.1, 0.15) is 0 Å². The highest BCUT2D eigenvalue weighted by Crippen LogP contribution is 2.32. The minimum atomic E-state index is -0.565. The van der Waals surface area contributed by atoms with Crippen LogP contribution in [-0.4, -0.2) is 15.8 Å². The highest BCUT2D eigenvalue weighted by molar-refractivity contribution is 5.93. The Labute approximate surface area is 120 Å². The summed E-state index contributed by atoms with van der Waals surface area (Å²) in [5.74, 6) is -0.544. The van der Waals surface area contributed by atoms with Crippen LogP contribution in [0.5, 0.6) is 0 Å². The number of nitrogen functional groups attached to an aromatic ring is 1. The van der Waals surface area contributed by atoms with Crippen LogP contribution in [0.1, 0.15) is 34.1 Å². The van der Waals surface area contributed by atoms with Gasteiger partial charge < -0.3 is 21.2 Å². The van der Waals surface area contributed by atoms with Gasteiger partial charge in [-0.05, 0) is 47.1 Å². The number of hydrogen-bond acceptors (Lipinski definition) is 4. The second kappa shape index (κ2) is 4.93. The van der Waals surface area contributed by atoms with Crippen molar-refractivity contribution in [3.8, 4) is 0 Å². The van der Waals surface area contributed by atoms with E-state index in [4.69, 9.17) is 5.73 Å². The van der Waals surface area contributed by atoms with E-state index in [0.717, 1.165) is 24.0 Å². The zero-order valence-corrected chi connectivity index (χ0v) is 11.1. The van der Waals surface area contributed by atoms with E-state index in [2.05, 4.69) is 10.3 Å². The molecule has 0 aliphatic heterocycles. The van der Waals surface area contributed by atoms with Gasteiger partial charge in [-0.25, -0.2) is 4.98 Å². The van der Waals surface area contributed by atoms with Crippen molar-refractivity contribution < 1.29 is 9.72 Å². The molecule has 1 aromatic carbocycles. The first-order valence-corrected chi connectivity index (χ1v) is 6.57. The molecule has 1 aromatic heterocycles. The molecule has 0 saturated heterocycles. The second-order valence-corrected chi connectivity index (χ2v) is 5.04. The molecule has 7 heteroatoms. The van der Waals surface area contributed by atoms with Crippen LogP contribution in [0.15, 0.2) is 30.3 Å². The Bertz CT molecular complexity index is 723. The molecule has 0 radical (unpaired) electrons. The van der Waals surface area contributed by atoms with Crippen LogP contribution >= 0.6 is 0 Å². The largest absolute Gasteiger partial charge is 0.399 e. The molecule has 1 amide bonds. The number of anilines is 1. The van der Waals surface area contributed by atoms with E-state index in [9.17, 15) is 14.9 Å². The molecule has 108 valence electrons. The normalized spacial score (nSPS) is 16.5. The van der Waals surface area contributed by atoms with E-state index in [1.165, 1.54) is 12.1 Å². The lowest BCUT2D eigenvalue weighted by Gasteiger charge is -2.12. The number of hydrogen-bond donors (Lipinski definition) is 3. The zero-order chi connectivity index (χ0) is 15.0. The number of nitro groups is 1. The zero-order valence-electron chi connectivity index (χ0n) is 11.1. The molecule has 3 rings (SSSR count). The summed E-state index contributed by atoms with van der Waals surface area (Å²) in [5, 5.41) is 13.5. The topological polar surface area (TPSA) is 114 Å². The summed E-state index contributed by atoms with van der Waals surface area (Å²) < 4.78 is 0. The molecule has 0 spiro atoms. The number of carbonyl (C=O) groups is 1. The van der Waals surface area contributed by atoms with Crippen molar-refractivity contribution in [2.24, 2.45) is 0 Å². The molecule has 1 aliphatic rings. The molecule has 2 aromatic rings. The molecule has 1 heterocycles. The Morgan fingerprint density at radius 1 is 1.38 bits per heavy atom. The number of aromatic nitrogens is 1. The summed E-state index contributed by atoms with van der Waals surface area (Å²) in [7, 11) is 0. The molecule has 21 heavy (non-hydrogen) atoms. The van der Waals surface area contributed by atoms with Gasteiger partial charge in [-0.2, -0.15) is 0 Å². The number of rotatable bonds is 3. The smallest absolute Gasteiger partial charge is 0.321 e. The number of benzene rings is 1. The lowest BCUT2D eigenvalue weighted by Crippen LogP contribution is -2.27. The van der Waals surface area contributed by atoms with E-state index in [-0.39, 0.29) is 23.5 Å². The van der Waals surface area contributed by atoms with Gasteiger partial charge in [0, 0.05) is 11.8 Å². The Morgan fingerprint density at radius 3 is 2.90 bits per heavy atom. The fraction of sp³-hybridized carbons (Fsp3) is 0.214. The molecule has 1 aliphatic carbocycles. The summed E-state index contributed by atoms with van der Waals surface area (Å²) >= 11 is 0. The van der Waals surface area contributed by atoms with Crippen LogP contribution in [0.3, 0.4) is 0 Å². The van der Waals surface area contributed by atoms with Crippen molar-refractivity contribution in [1.29, 1.82) is 0 Å². The first-order chi connectivity index (χ1) is 10.0. The second-order valence-electron chi connectivity index (χ2n) is 5.04. The van der Waals surface area contributed by atoms with E-state index in [1.807, 2.05) is 18.2 Å². The van der Waals surface area contributed by atoms with Crippen molar-refractivity contribution in [3.63, 3.8) is 0 Å². The summed E-state index contributed by atoms with van der Waals surface area (Å²) in [4.78, 5) is 24.7. The van der Waals surface area contributed by atoms with Crippen molar-refractivity contribution in [3.05, 3.63) is 57.3 Å². The van der Waals surface area contributed by atoms with Crippen LogP contribution in [-0.2, 0) is 6.42 Å². The molecule has 0 saturated carbocycles. The lowest BCUT2D eigenvalue weighted by molar-refractivity contribution is -0.389. The van der Waals surface area contributed by atoms with E-state index in [1.54, 1.807) is 0 Å². The number of nitrogens with zero attached hydrogens (tertiary/aromatic N) is 1. The van der Waals surface area contributed by atoms with Gasteiger partial charge in [-0.3, -0.25) is 4.79 Å². The lowest BCUT2D eigenvalue weighted by atomic mass is 10.1. The number of nitrogens with two attached hydrogens (primary N) is 1. The Morgan fingerprint density at radius 2 is 2.19 bits per heavy atom. The van der Waals surface area contributed by atoms with Crippen LogP contribution in [0.25, 0.3) is 0 Å². The van der Waals surface area contributed by atoms with Crippen LogP contribution < -0.4 is 11.1 Å². The Kier molecular flexibility index (Phi) is 3.09. The maximum Gasteiger partial charge on any atom is 0.321 e. The number of carbonyl (C=O) groups excluding carboxylic acids is 1. The maximum atomic E-state index is 12.1. The number of fused-ring (bicyclic) bond motifs is 1. The van der Waals surface area contributed by atoms with Crippen molar-refractivity contribution in [1.82, 2.24) is 10.3 Å². The van der Waals surface area contributed by atoms with E-state index < -0.39 is 4.92 Å². The third-order valence-electron chi connectivity index (χ3n) is 3.66. The summed E-state index contributed by atoms with van der Waals surface area (Å²) in [6, 6.07) is 8.24. The van der Waals surface area contributed by atoms with Crippen LogP contribution in [0.2, 0.25) is 0 Å². The molecular formula is C14H14N4O3. The number of nitrogens with one attached hydrogen (secondary N) is 2. The van der Waals surface area contributed by atoms with Gasteiger partial charge in [0.15, 0.2) is 5.69 Å². The molecule has 0 fully saturated rings. The summed E-state index contributed by atoms with van der Waals surface area (Å²) in [6.45, 7) is 0. The first kappa shape index (κ1) is 13.2. The highest BCUT2D eigenvalue weighted by Gasteiger charge is 2.26. The molecule has 0 bridgehead atoms. The monoisotopic (exact) mass is 286 g/mol. The van der Waals surface area contributed by atoms with Crippen molar-refractivity contribution in [2.75, 3.05) is 5.73 Å². The predicted molar refractivity (Wildman–Crippen MR) is 76.8 cm³/mol. The standard InChI is InChI=1S/C14H14N4O3/c15-9-2-3-10-8(7-9)1-4-11(10)17-14(19)12-5-6-13(16-12)18(20)21/h2-3,5-7,11,16H,1,4,15H2,(H,17,19). The number of amides is 1. The summed E-state index contributed by atoms with van der Waals surface area (Å²) in [6.07, 6.45) is 1.66. The number of aryl methyl sites for hydroxylation is 1. The minimum Gasteiger partial charge on any atom is -0.399 e. The fourth-order valence-corrected chi connectivity index (χ4v) is 2.65. The first-order valence-electron chi connectivity index (χ1n) is 6.57.